The fourth-order valence-electron chi connectivity index (χ4n) is 2.44. The summed E-state index contributed by atoms with van der Waals surface area (Å²) in [5.74, 6) is 6.06. The molecule has 8 heteroatoms. The van der Waals surface area contributed by atoms with Crippen LogP contribution in [0.1, 0.15) is 24.5 Å². The lowest BCUT2D eigenvalue weighted by Crippen LogP contribution is -2.44. The van der Waals surface area contributed by atoms with E-state index in [9.17, 15) is 13.2 Å². The molecule has 0 bridgehead atoms. The molecule has 1 aliphatic rings. The highest BCUT2D eigenvalue weighted by Crippen LogP contribution is 2.29. The topological polar surface area (TPSA) is 54.9 Å². The molecule has 0 saturated carbocycles. The minimum atomic E-state index is -4.37. The number of hydrogen-bond acceptors (Lipinski definition) is 3. The maximum atomic E-state index is 12.7. The van der Waals surface area contributed by atoms with Gasteiger partial charge in [-0.05, 0) is 31.5 Å². The largest absolute Gasteiger partial charge is 0.416 e. The molecule has 148 valence electrons. The van der Waals surface area contributed by atoms with Gasteiger partial charge in [0.1, 0.15) is 0 Å². The minimum absolute atomic E-state index is 0.0354. The smallest absolute Gasteiger partial charge is 0.379 e. The Morgan fingerprint density at radius 2 is 2.26 bits per heavy atom. The molecule has 0 spiro atoms. The monoisotopic (exact) mass is 383 g/mol. The molecule has 2 unspecified atom stereocenters. The first kappa shape index (κ1) is 21.1. The predicted octanol–water partition coefficient (Wildman–Crippen LogP) is 2.42. The van der Waals surface area contributed by atoms with Crippen molar-refractivity contribution >= 4 is 5.96 Å². The molecule has 1 aromatic rings. The summed E-state index contributed by atoms with van der Waals surface area (Å²) in [6.45, 7) is 4.10. The molecule has 1 heterocycles. The third kappa shape index (κ3) is 7.49. The molecule has 1 aromatic carbocycles. The van der Waals surface area contributed by atoms with Crippen molar-refractivity contribution in [2.45, 2.75) is 31.7 Å². The van der Waals surface area contributed by atoms with Crippen LogP contribution in [0.15, 0.2) is 29.3 Å². The van der Waals surface area contributed by atoms with Crippen molar-refractivity contribution in [3.63, 3.8) is 0 Å². The Hall–Kier alpha value is -2.24. The summed E-state index contributed by atoms with van der Waals surface area (Å²) in [5, 5.41) is 6.18. The Kier molecular flexibility index (Phi) is 7.95. The zero-order valence-corrected chi connectivity index (χ0v) is 15.4. The van der Waals surface area contributed by atoms with Crippen LogP contribution in [0.25, 0.3) is 0 Å². The van der Waals surface area contributed by atoms with Gasteiger partial charge >= 0.3 is 6.18 Å². The molecule has 5 nitrogen and oxygen atoms in total. The van der Waals surface area contributed by atoms with Crippen LogP contribution < -0.4 is 10.6 Å². The Morgan fingerprint density at radius 3 is 2.93 bits per heavy atom. The molecule has 1 aliphatic heterocycles. The number of ether oxygens (including phenoxy) is 2. The van der Waals surface area contributed by atoms with Gasteiger partial charge in [0.2, 0.25) is 0 Å². The average Bonchev–Trinajstić information content (AvgIpc) is 3.15. The lowest BCUT2D eigenvalue weighted by molar-refractivity contribution is -0.137. The second-order valence-electron chi connectivity index (χ2n) is 6.17. The maximum absolute atomic E-state index is 12.7. The van der Waals surface area contributed by atoms with E-state index in [4.69, 9.17) is 9.47 Å². The molecule has 2 N–H and O–H groups in total. The van der Waals surface area contributed by atoms with Crippen LogP contribution in [0.4, 0.5) is 13.2 Å². The summed E-state index contributed by atoms with van der Waals surface area (Å²) >= 11 is 0. The molecule has 0 aliphatic carbocycles. The van der Waals surface area contributed by atoms with Crippen LogP contribution in [0.5, 0.6) is 0 Å². The van der Waals surface area contributed by atoms with Gasteiger partial charge in [-0.3, -0.25) is 4.99 Å². The van der Waals surface area contributed by atoms with Gasteiger partial charge in [-0.25, -0.2) is 0 Å². The van der Waals surface area contributed by atoms with Crippen LogP contribution >= 0.6 is 0 Å². The highest BCUT2D eigenvalue weighted by Gasteiger charge is 2.30. The molecule has 2 rings (SSSR count). The third-order valence-electron chi connectivity index (χ3n) is 3.84. The number of alkyl halides is 3. The van der Waals surface area contributed by atoms with E-state index in [2.05, 4.69) is 27.5 Å². The Labute approximate surface area is 157 Å². The van der Waals surface area contributed by atoms with E-state index in [1.807, 2.05) is 6.92 Å². The Bertz CT molecular complexity index is 689. The molecule has 0 aromatic heterocycles. The van der Waals surface area contributed by atoms with E-state index in [1.165, 1.54) is 6.07 Å². The molecular weight excluding hydrogens is 359 g/mol. The summed E-state index contributed by atoms with van der Waals surface area (Å²) < 4.78 is 49.1. The van der Waals surface area contributed by atoms with Crippen molar-refractivity contribution in [1.29, 1.82) is 0 Å². The number of rotatable bonds is 5. The van der Waals surface area contributed by atoms with Gasteiger partial charge in [-0.15, -0.1) is 0 Å². The number of nitrogens with zero attached hydrogens (tertiary/aromatic N) is 1. The summed E-state index contributed by atoms with van der Waals surface area (Å²) in [6, 6.07) is 4.98. The first-order valence-corrected chi connectivity index (χ1v) is 8.71. The quantitative estimate of drug-likeness (QED) is 0.466. The summed E-state index contributed by atoms with van der Waals surface area (Å²) in [5.41, 5.74) is -0.392. The van der Waals surface area contributed by atoms with Gasteiger partial charge < -0.3 is 20.1 Å². The lowest BCUT2D eigenvalue weighted by Gasteiger charge is -2.19. The van der Waals surface area contributed by atoms with Crippen molar-refractivity contribution < 1.29 is 22.6 Å². The molecule has 0 amide bonds. The second kappa shape index (κ2) is 10.2. The van der Waals surface area contributed by atoms with Gasteiger partial charge in [0.05, 0.1) is 31.4 Å². The second-order valence-corrected chi connectivity index (χ2v) is 6.17. The van der Waals surface area contributed by atoms with Crippen molar-refractivity contribution in [3.05, 3.63) is 35.4 Å². The number of benzene rings is 1. The van der Waals surface area contributed by atoms with Crippen molar-refractivity contribution in [2.24, 2.45) is 4.99 Å². The molecule has 2 atom stereocenters. The SMILES string of the molecule is CN=C(NCC#Cc1cccc(C(F)(F)F)c1)NC(C)COC1CCOC1. The Morgan fingerprint density at radius 1 is 1.44 bits per heavy atom. The van der Waals surface area contributed by atoms with Crippen LogP contribution in [0.3, 0.4) is 0 Å². The van der Waals surface area contributed by atoms with Gasteiger partial charge in [-0.2, -0.15) is 13.2 Å². The van der Waals surface area contributed by atoms with Crippen molar-refractivity contribution in [2.75, 3.05) is 33.4 Å². The summed E-state index contributed by atoms with van der Waals surface area (Å²) in [4.78, 5) is 4.10. The van der Waals surface area contributed by atoms with Crippen LogP contribution in [0.2, 0.25) is 0 Å². The van der Waals surface area contributed by atoms with Gasteiger partial charge in [0, 0.05) is 25.3 Å². The lowest BCUT2D eigenvalue weighted by atomic mass is 10.1. The van der Waals surface area contributed by atoms with E-state index < -0.39 is 11.7 Å². The summed E-state index contributed by atoms with van der Waals surface area (Å²) in [7, 11) is 1.63. The van der Waals surface area contributed by atoms with E-state index in [1.54, 1.807) is 13.1 Å². The maximum Gasteiger partial charge on any atom is 0.416 e. The van der Waals surface area contributed by atoms with Gasteiger partial charge in [0.15, 0.2) is 5.96 Å². The van der Waals surface area contributed by atoms with Crippen molar-refractivity contribution in [1.82, 2.24) is 10.6 Å². The first-order chi connectivity index (χ1) is 12.9. The van der Waals surface area contributed by atoms with Crippen molar-refractivity contribution in [3.8, 4) is 11.8 Å². The number of hydrogen-bond donors (Lipinski definition) is 2. The standard InChI is InChI=1S/C19H24F3N3O2/c1-14(12-27-17-8-10-26-13-17)25-18(23-2)24-9-4-6-15-5-3-7-16(11-15)19(20,21)22/h3,5,7,11,14,17H,8-10,12-13H2,1-2H3,(H2,23,24,25). The average molecular weight is 383 g/mol. The van der Waals surface area contributed by atoms with Crippen LogP contribution in [0, 0.1) is 11.8 Å². The van der Waals surface area contributed by atoms with Gasteiger partial charge in [0.25, 0.3) is 0 Å². The highest BCUT2D eigenvalue weighted by molar-refractivity contribution is 5.80. The molecule has 1 saturated heterocycles. The Balaban J connectivity index is 1.77. The fourth-order valence-corrected chi connectivity index (χ4v) is 2.44. The normalized spacial score (nSPS) is 18.6. The zero-order valence-electron chi connectivity index (χ0n) is 15.4. The number of aliphatic imine (C=N–C) groups is 1. The number of halogens is 3. The third-order valence-corrected chi connectivity index (χ3v) is 3.84. The van der Waals surface area contributed by atoms with E-state index >= 15 is 0 Å². The molecule has 0 radical (unpaired) electrons. The van der Waals surface area contributed by atoms with E-state index in [0.29, 0.717) is 24.7 Å². The van der Waals surface area contributed by atoms with Crippen LogP contribution in [-0.2, 0) is 15.7 Å². The molecule has 27 heavy (non-hydrogen) atoms. The number of nitrogens with one attached hydrogen (secondary N) is 2. The first-order valence-electron chi connectivity index (χ1n) is 8.71. The van der Waals surface area contributed by atoms with Crippen LogP contribution in [-0.4, -0.2) is 51.5 Å². The van der Waals surface area contributed by atoms with E-state index in [0.717, 1.165) is 25.2 Å². The van der Waals surface area contributed by atoms with Gasteiger partial charge in [-0.1, -0.05) is 17.9 Å². The molecule has 1 fully saturated rings. The zero-order chi connectivity index (χ0) is 19.7. The fraction of sp³-hybridized carbons (Fsp3) is 0.526. The van der Waals surface area contributed by atoms with E-state index in [-0.39, 0.29) is 18.7 Å². The predicted molar refractivity (Wildman–Crippen MR) is 97.5 cm³/mol. The highest BCUT2D eigenvalue weighted by atomic mass is 19.4. The molecular formula is C19H24F3N3O2. The summed E-state index contributed by atoms with van der Waals surface area (Å²) in [6.07, 6.45) is -3.32. The number of guanidine groups is 1. The minimum Gasteiger partial charge on any atom is -0.379 e.